The Labute approximate surface area is 175 Å². The van der Waals surface area contributed by atoms with Gasteiger partial charge in [0, 0.05) is 52.6 Å². The molecule has 1 atom stereocenters. The highest BCUT2D eigenvalue weighted by Crippen LogP contribution is 2.21. The summed E-state index contributed by atoms with van der Waals surface area (Å²) in [6, 6.07) is 7.83. The number of hydrogen-bond acceptors (Lipinski definition) is 4. The normalized spacial score (nSPS) is 12.9. The van der Waals surface area contributed by atoms with Crippen molar-refractivity contribution in [1.29, 1.82) is 0 Å². The summed E-state index contributed by atoms with van der Waals surface area (Å²) in [7, 11) is 5.18. The van der Waals surface area contributed by atoms with Crippen molar-refractivity contribution in [2.75, 3.05) is 46.3 Å². The summed E-state index contributed by atoms with van der Waals surface area (Å²) in [4.78, 5) is 4.27. The Morgan fingerprint density at radius 1 is 1.19 bits per heavy atom. The monoisotopic (exact) mass is 479 g/mol. The zero-order valence-corrected chi connectivity index (χ0v) is 19.1. The Morgan fingerprint density at radius 2 is 1.92 bits per heavy atom. The number of anilines is 1. The van der Waals surface area contributed by atoms with Crippen LogP contribution in [-0.2, 0) is 9.47 Å². The minimum absolute atomic E-state index is 0. The van der Waals surface area contributed by atoms with Crippen LogP contribution in [0.4, 0.5) is 5.69 Å². The van der Waals surface area contributed by atoms with Crippen LogP contribution in [0.5, 0.6) is 5.75 Å². The number of hydrogen-bond donors (Lipinski definition) is 2. The smallest absolute Gasteiger partial charge is 0.195 e. The maximum Gasteiger partial charge on any atom is 0.195 e. The van der Waals surface area contributed by atoms with Gasteiger partial charge in [-0.25, -0.2) is 0 Å². The van der Waals surface area contributed by atoms with Crippen molar-refractivity contribution in [2.45, 2.75) is 33.3 Å². The molecule has 150 valence electrons. The Bertz CT molecular complexity index is 533. The van der Waals surface area contributed by atoms with E-state index < -0.39 is 0 Å². The number of guanidine groups is 1. The van der Waals surface area contributed by atoms with Gasteiger partial charge in [0.05, 0.1) is 12.7 Å². The van der Waals surface area contributed by atoms with Gasteiger partial charge in [-0.2, -0.15) is 0 Å². The van der Waals surface area contributed by atoms with Crippen LogP contribution >= 0.6 is 24.0 Å². The molecule has 0 bridgehead atoms. The average Bonchev–Trinajstić information content (AvgIpc) is 2.57. The fraction of sp³-hybridized carbons (Fsp3) is 0.632. The molecule has 0 fully saturated rings. The highest BCUT2D eigenvalue weighted by Gasteiger charge is 2.24. The summed E-state index contributed by atoms with van der Waals surface area (Å²) < 4.78 is 16.3. The van der Waals surface area contributed by atoms with E-state index in [4.69, 9.17) is 14.2 Å². The SMILES string of the molecule is CN=C(NCC(OC)C(C)(C)C)Nc1cccc(OCCCOC)c1.I. The van der Waals surface area contributed by atoms with Gasteiger partial charge in [-0.1, -0.05) is 26.8 Å². The average molecular weight is 479 g/mol. The largest absolute Gasteiger partial charge is 0.493 e. The van der Waals surface area contributed by atoms with E-state index in [9.17, 15) is 0 Å². The van der Waals surface area contributed by atoms with Gasteiger partial charge in [-0.3, -0.25) is 4.99 Å². The Kier molecular flexibility index (Phi) is 12.6. The summed E-state index contributed by atoms with van der Waals surface area (Å²) in [5, 5.41) is 6.59. The molecule has 0 amide bonds. The number of methoxy groups -OCH3 is 2. The third-order valence-electron chi connectivity index (χ3n) is 3.79. The van der Waals surface area contributed by atoms with Gasteiger partial charge in [0.25, 0.3) is 0 Å². The van der Waals surface area contributed by atoms with Gasteiger partial charge in [0.1, 0.15) is 5.75 Å². The lowest BCUT2D eigenvalue weighted by Gasteiger charge is -2.30. The summed E-state index contributed by atoms with van der Waals surface area (Å²) in [5.74, 6) is 1.52. The zero-order valence-electron chi connectivity index (χ0n) is 16.8. The number of nitrogens with one attached hydrogen (secondary N) is 2. The third-order valence-corrected chi connectivity index (χ3v) is 3.79. The van der Waals surface area contributed by atoms with Crippen LogP contribution < -0.4 is 15.4 Å². The zero-order chi connectivity index (χ0) is 18.7. The second-order valence-electron chi connectivity index (χ2n) is 6.89. The van der Waals surface area contributed by atoms with Gasteiger partial charge in [-0.15, -0.1) is 24.0 Å². The highest BCUT2D eigenvalue weighted by atomic mass is 127. The number of nitrogens with zero attached hydrogens (tertiary/aromatic N) is 1. The second-order valence-corrected chi connectivity index (χ2v) is 6.89. The molecule has 26 heavy (non-hydrogen) atoms. The first-order chi connectivity index (χ1) is 11.9. The number of halogens is 1. The first-order valence-electron chi connectivity index (χ1n) is 8.63. The van der Waals surface area contributed by atoms with E-state index in [0.29, 0.717) is 25.7 Å². The summed E-state index contributed by atoms with van der Waals surface area (Å²) in [6.45, 7) is 8.47. The molecule has 0 radical (unpaired) electrons. The molecule has 1 unspecified atom stereocenters. The van der Waals surface area contributed by atoms with Crippen LogP contribution in [0.2, 0.25) is 0 Å². The predicted molar refractivity (Wildman–Crippen MR) is 119 cm³/mol. The van der Waals surface area contributed by atoms with Crippen molar-refractivity contribution in [3.05, 3.63) is 24.3 Å². The van der Waals surface area contributed by atoms with Crippen LogP contribution in [0.1, 0.15) is 27.2 Å². The molecule has 0 aromatic heterocycles. The molecule has 0 heterocycles. The second kappa shape index (κ2) is 13.2. The predicted octanol–water partition coefficient (Wildman–Crippen LogP) is 3.77. The number of aliphatic imine (C=N–C) groups is 1. The third kappa shape index (κ3) is 9.59. The van der Waals surface area contributed by atoms with E-state index in [1.807, 2.05) is 24.3 Å². The molecule has 0 aliphatic rings. The summed E-state index contributed by atoms with van der Waals surface area (Å²) >= 11 is 0. The molecule has 7 heteroatoms. The van der Waals surface area contributed by atoms with E-state index in [0.717, 1.165) is 17.9 Å². The first-order valence-corrected chi connectivity index (χ1v) is 8.63. The van der Waals surface area contributed by atoms with Crippen molar-refractivity contribution >= 4 is 35.6 Å². The lowest BCUT2D eigenvalue weighted by atomic mass is 9.89. The van der Waals surface area contributed by atoms with Crippen molar-refractivity contribution in [2.24, 2.45) is 10.4 Å². The molecule has 0 aliphatic carbocycles. The standard InChI is InChI=1S/C19H33N3O3.HI/c1-19(2,3)17(24-6)14-21-18(20-4)22-15-9-7-10-16(13-15)25-12-8-11-23-5;/h7,9-10,13,17H,8,11-12,14H2,1-6H3,(H2,20,21,22);1H. The van der Waals surface area contributed by atoms with Gasteiger partial charge in [-0.05, 0) is 17.5 Å². The Hall–Kier alpha value is -1.06. The molecule has 6 nitrogen and oxygen atoms in total. The molecule has 0 saturated carbocycles. The maximum absolute atomic E-state index is 5.72. The van der Waals surface area contributed by atoms with Crippen molar-refractivity contribution in [1.82, 2.24) is 5.32 Å². The highest BCUT2D eigenvalue weighted by molar-refractivity contribution is 14.0. The number of rotatable bonds is 9. The minimum atomic E-state index is 0. The van der Waals surface area contributed by atoms with E-state index in [2.05, 4.69) is 36.4 Å². The van der Waals surface area contributed by atoms with E-state index in [1.165, 1.54) is 0 Å². The number of ether oxygens (including phenoxy) is 3. The molecule has 1 aromatic carbocycles. The Balaban J connectivity index is 0.00000625. The van der Waals surface area contributed by atoms with Crippen LogP contribution in [0.25, 0.3) is 0 Å². The van der Waals surface area contributed by atoms with Crippen LogP contribution in [-0.4, -0.2) is 53.1 Å². The van der Waals surface area contributed by atoms with Crippen molar-refractivity contribution in [3.8, 4) is 5.75 Å². The van der Waals surface area contributed by atoms with Crippen molar-refractivity contribution in [3.63, 3.8) is 0 Å². The molecule has 1 aromatic rings. The van der Waals surface area contributed by atoms with E-state index in [-0.39, 0.29) is 35.5 Å². The lowest BCUT2D eigenvalue weighted by Crippen LogP contribution is -2.42. The molecule has 2 N–H and O–H groups in total. The van der Waals surface area contributed by atoms with Gasteiger partial charge >= 0.3 is 0 Å². The maximum atomic E-state index is 5.72. The molecule has 1 rings (SSSR count). The summed E-state index contributed by atoms with van der Waals surface area (Å²) in [5.41, 5.74) is 0.971. The minimum Gasteiger partial charge on any atom is -0.493 e. The van der Waals surface area contributed by atoms with Gasteiger partial charge in [0.2, 0.25) is 0 Å². The van der Waals surface area contributed by atoms with Crippen LogP contribution in [0.15, 0.2) is 29.3 Å². The molecular formula is C19H34IN3O3. The Morgan fingerprint density at radius 3 is 2.50 bits per heavy atom. The molecule has 0 aliphatic heterocycles. The lowest BCUT2D eigenvalue weighted by molar-refractivity contribution is 0.0206. The fourth-order valence-corrected chi connectivity index (χ4v) is 2.31. The molecular weight excluding hydrogens is 445 g/mol. The van der Waals surface area contributed by atoms with Gasteiger partial charge in [0.15, 0.2) is 5.96 Å². The van der Waals surface area contributed by atoms with E-state index >= 15 is 0 Å². The molecule has 0 spiro atoms. The van der Waals surface area contributed by atoms with Crippen LogP contribution in [0.3, 0.4) is 0 Å². The number of benzene rings is 1. The van der Waals surface area contributed by atoms with E-state index in [1.54, 1.807) is 21.3 Å². The summed E-state index contributed by atoms with van der Waals surface area (Å²) in [6.07, 6.45) is 0.948. The fourth-order valence-electron chi connectivity index (χ4n) is 2.31. The van der Waals surface area contributed by atoms with Gasteiger partial charge < -0.3 is 24.8 Å². The molecule has 0 saturated heterocycles. The topological polar surface area (TPSA) is 64.1 Å². The van der Waals surface area contributed by atoms with Crippen LogP contribution in [0, 0.1) is 5.41 Å². The quantitative estimate of drug-likeness (QED) is 0.244. The van der Waals surface area contributed by atoms with Crippen molar-refractivity contribution < 1.29 is 14.2 Å². The first kappa shape index (κ1) is 24.9.